The number of hydrogen-bond acceptors (Lipinski definition) is 4. The van der Waals surface area contributed by atoms with E-state index in [9.17, 15) is 9.59 Å². The van der Waals surface area contributed by atoms with Gasteiger partial charge >= 0.3 is 0 Å². The van der Waals surface area contributed by atoms with Crippen molar-refractivity contribution in [2.75, 3.05) is 39.9 Å². The van der Waals surface area contributed by atoms with Crippen molar-refractivity contribution in [1.82, 2.24) is 9.80 Å². The molecule has 126 valence electrons. The van der Waals surface area contributed by atoms with Gasteiger partial charge in [0, 0.05) is 25.6 Å². The summed E-state index contributed by atoms with van der Waals surface area (Å²) in [5.41, 5.74) is -0.282. The fraction of sp³-hybridized carbons (Fsp3) is 0.857. The van der Waals surface area contributed by atoms with Crippen LogP contribution in [0.15, 0.2) is 0 Å². The lowest BCUT2D eigenvalue weighted by atomic mass is 9.69. The summed E-state index contributed by atoms with van der Waals surface area (Å²) in [5.74, 6) is -0.431. The lowest BCUT2D eigenvalue weighted by molar-refractivity contribution is -0.149. The lowest BCUT2D eigenvalue weighted by Gasteiger charge is -2.50. The lowest BCUT2D eigenvalue weighted by Crippen LogP contribution is -2.64. The van der Waals surface area contributed by atoms with E-state index in [4.69, 9.17) is 39.5 Å². The Kier molecular flexibility index (Phi) is 5.66. The second-order valence-corrected chi connectivity index (χ2v) is 8.50. The molecule has 0 radical (unpaired) electrons. The van der Waals surface area contributed by atoms with Crippen LogP contribution < -0.4 is 0 Å². The molecule has 3 saturated heterocycles. The largest absolute Gasteiger partial charge is 0.383 e. The molecule has 0 saturated carbocycles. The van der Waals surface area contributed by atoms with Gasteiger partial charge in [0.1, 0.15) is 0 Å². The van der Waals surface area contributed by atoms with Crippen LogP contribution in [0.2, 0.25) is 0 Å². The highest BCUT2D eigenvalue weighted by molar-refractivity contribution is 6.76. The number of ketones is 1. The summed E-state index contributed by atoms with van der Waals surface area (Å²) in [7, 11) is 1.54. The minimum atomic E-state index is -2.02. The van der Waals surface area contributed by atoms with E-state index in [1.165, 1.54) is 12.0 Å². The molecule has 3 heterocycles. The monoisotopic (exact) mass is 370 g/mol. The van der Waals surface area contributed by atoms with E-state index in [1.54, 1.807) is 0 Å². The second kappa shape index (κ2) is 6.81. The average Bonchev–Trinajstić information content (AvgIpc) is 2.45. The smallest absolute Gasteiger partial charge is 0.274 e. The number of carbonyl (C=O) groups excluding carboxylic acids is 2. The molecular weight excluding hydrogens is 351 g/mol. The van der Waals surface area contributed by atoms with E-state index in [0.717, 1.165) is 25.9 Å². The summed E-state index contributed by atoms with van der Waals surface area (Å²) in [5, 5.41) is 0. The van der Waals surface area contributed by atoms with E-state index in [0.29, 0.717) is 6.61 Å². The zero-order valence-electron chi connectivity index (χ0n) is 12.8. The van der Waals surface area contributed by atoms with Crippen molar-refractivity contribution in [3.8, 4) is 0 Å². The molecule has 0 spiro atoms. The van der Waals surface area contributed by atoms with Gasteiger partial charge in [0.2, 0.25) is 0 Å². The Morgan fingerprint density at radius 1 is 1.41 bits per heavy atom. The molecule has 1 atom stereocenters. The Hall–Kier alpha value is -0.0700. The maximum atomic E-state index is 12.7. The average molecular weight is 372 g/mol. The number of rotatable bonds is 5. The molecule has 0 aromatic heterocycles. The zero-order valence-corrected chi connectivity index (χ0v) is 15.0. The number of ether oxygens (including phenoxy) is 1. The Morgan fingerprint density at radius 3 is 2.50 bits per heavy atom. The maximum Gasteiger partial charge on any atom is 0.274 e. The standard InChI is InChI=1S/C14H21Cl3N2O3/c1-13-3-5-18(6-4-13)10(11(13)20)9-19(7-8-22-2)12(21)14(15,16)17/h10H,3-9H2,1-2H3. The highest BCUT2D eigenvalue weighted by atomic mass is 35.6. The van der Waals surface area contributed by atoms with Crippen LogP contribution in [-0.2, 0) is 14.3 Å². The number of carbonyl (C=O) groups is 2. The molecule has 3 aliphatic heterocycles. The van der Waals surface area contributed by atoms with Crippen molar-refractivity contribution in [1.29, 1.82) is 0 Å². The summed E-state index contributed by atoms with van der Waals surface area (Å²) < 4.78 is 2.99. The van der Waals surface area contributed by atoms with Gasteiger partial charge < -0.3 is 9.64 Å². The Labute approximate surface area is 145 Å². The highest BCUT2D eigenvalue weighted by Crippen LogP contribution is 2.40. The number of methoxy groups -OCH3 is 1. The summed E-state index contributed by atoms with van der Waals surface area (Å²) >= 11 is 17.2. The van der Waals surface area contributed by atoms with Crippen molar-refractivity contribution in [3.63, 3.8) is 0 Å². The van der Waals surface area contributed by atoms with Crippen LogP contribution in [0.5, 0.6) is 0 Å². The van der Waals surface area contributed by atoms with Crippen LogP contribution in [0.1, 0.15) is 19.8 Å². The highest BCUT2D eigenvalue weighted by Gasteiger charge is 2.50. The van der Waals surface area contributed by atoms with Crippen LogP contribution in [0.4, 0.5) is 0 Å². The SMILES string of the molecule is COCCN(CC1C(=O)C2(C)CCN1CC2)C(=O)C(Cl)(Cl)Cl. The Bertz CT molecular complexity index is 445. The first kappa shape index (κ1) is 18.3. The fourth-order valence-corrected chi connectivity index (χ4v) is 3.57. The van der Waals surface area contributed by atoms with Crippen LogP contribution >= 0.6 is 34.8 Å². The number of alkyl halides is 3. The van der Waals surface area contributed by atoms with Crippen LogP contribution in [0, 0.1) is 5.41 Å². The zero-order chi connectivity index (χ0) is 16.5. The van der Waals surface area contributed by atoms with Crippen molar-refractivity contribution >= 4 is 46.5 Å². The Morgan fingerprint density at radius 2 is 2.00 bits per heavy atom. The first-order valence-electron chi connectivity index (χ1n) is 7.32. The van der Waals surface area contributed by atoms with Gasteiger partial charge in [-0.05, 0) is 25.9 Å². The minimum absolute atomic E-state index is 0.185. The van der Waals surface area contributed by atoms with Gasteiger partial charge in [-0.25, -0.2) is 0 Å². The summed E-state index contributed by atoms with van der Waals surface area (Å²) in [6.45, 7) is 4.60. The molecule has 3 fully saturated rings. The quantitative estimate of drug-likeness (QED) is 0.693. The van der Waals surface area contributed by atoms with Gasteiger partial charge in [-0.2, -0.15) is 0 Å². The predicted molar refractivity (Wildman–Crippen MR) is 86.5 cm³/mol. The van der Waals surface area contributed by atoms with E-state index < -0.39 is 9.70 Å². The third-order valence-electron chi connectivity index (χ3n) is 4.73. The van der Waals surface area contributed by atoms with Gasteiger partial charge in [-0.1, -0.05) is 41.7 Å². The van der Waals surface area contributed by atoms with Crippen molar-refractivity contribution in [2.24, 2.45) is 5.41 Å². The molecule has 0 aliphatic carbocycles. The number of halogens is 3. The molecule has 3 rings (SSSR count). The summed E-state index contributed by atoms with van der Waals surface area (Å²) in [6.07, 6.45) is 1.75. The van der Waals surface area contributed by atoms with Crippen molar-refractivity contribution in [2.45, 2.75) is 29.6 Å². The van der Waals surface area contributed by atoms with Gasteiger partial charge in [0.15, 0.2) is 5.78 Å². The van der Waals surface area contributed by atoms with Gasteiger partial charge in [-0.15, -0.1) is 0 Å². The van der Waals surface area contributed by atoms with Crippen LogP contribution in [0.3, 0.4) is 0 Å². The molecule has 0 aromatic carbocycles. The molecule has 8 heteroatoms. The maximum absolute atomic E-state index is 12.7. The van der Waals surface area contributed by atoms with E-state index in [2.05, 4.69) is 4.90 Å². The number of Topliss-reactive ketones (excluding diaryl/α,β-unsaturated/α-hetero) is 1. The molecule has 5 nitrogen and oxygen atoms in total. The van der Waals surface area contributed by atoms with Gasteiger partial charge in [0.05, 0.1) is 12.6 Å². The van der Waals surface area contributed by atoms with Crippen LogP contribution in [0.25, 0.3) is 0 Å². The molecule has 1 unspecified atom stereocenters. The number of nitrogens with zero attached hydrogens (tertiary/aromatic N) is 2. The number of hydrogen-bond donors (Lipinski definition) is 0. The minimum Gasteiger partial charge on any atom is -0.383 e. The van der Waals surface area contributed by atoms with E-state index >= 15 is 0 Å². The number of fused-ring (bicyclic) bond motifs is 3. The third kappa shape index (κ3) is 3.70. The second-order valence-electron chi connectivity index (χ2n) is 6.22. The number of piperidine rings is 3. The fourth-order valence-electron chi connectivity index (χ4n) is 3.21. The molecule has 0 N–H and O–H groups in total. The molecule has 22 heavy (non-hydrogen) atoms. The summed E-state index contributed by atoms with van der Waals surface area (Å²) in [6, 6.07) is -0.319. The topological polar surface area (TPSA) is 49.9 Å². The first-order valence-corrected chi connectivity index (χ1v) is 8.46. The molecule has 1 amide bonds. The van der Waals surface area contributed by atoms with Crippen molar-refractivity contribution in [3.05, 3.63) is 0 Å². The van der Waals surface area contributed by atoms with E-state index in [-0.39, 0.29) is 30.3 Å². The first-order chi connectivity index (χ1) is 10.2. The molecular formula is C14H21Cl3N2O3. The van der Waals surface area contributed by atoms with Crippen molar-refractivity contribution < 1.29 is 14.3 Å². The van der Waals surface area contributed by atoms with Crippen LogP contribution in [-0.4, -0.2) is 71.2 Å². The van der Waals surface area contributed by atoms with E-state index in [1.807, 2.05) is 6.92 Å². The molecule has 0 aromatic rings. The van der Waals surface area contributed by atoms with Gasteiger partial charge in [-0.3, -0.25) is 14.5 Å². The molecule has 2 bridgehead atoms. The van der Waals surface area contributed by atoms with Gasteiger partial charge in [0.25, 0.3) is 9.70 Å². The Balaban J connectivity index is 2.13. The normalized spacial score (nSPS) is 31.4. The summed E-state index contributed by atoms with van der Waals surface area (Å²) in [4.78, 5) is 28.5. The third-order valence-corrected chi connectivity index (χ3v) is 5.21. The molecule has 3 aliphatic rings. The number of amides is 1. The predicted octanol–water partition coefficient (Wildman–Crippen LogP) is 1.89.